The monoisotopic (exact) mass is 256 g/mol. The Morgan fingerprint density at radius 3 is 2.79 bits per heavy atom. The molecule has 2 rings (SSSR count). The summed E-state index contributed by atoms with van der Waals surface area (Å²) in [5.74, 6) is 1.20. The lowest BCUT2D eigenvalue weighted by molar-refractivity contribution is 0.368. The summed E-state index contributed by atoms with van der Waals surface area (Å²) < 4.78 is 10.8. The van der Waals surface area contributed by atoms with Crippen molar-refractivity contribution in [2.45, 2.75) is 6.92 Å². The number of methoxy groups -OCH3 is 1. The molecule has 6 nitrogen and oxygen atoms in total. The number of nitrogens with two attached hydrogens (primary N) is 1. The Kier molecular flexibility index (Phi) is 3.48. The Bertz CT molecular complexity index is 650. The van der Waals surface area contributed by atoms with Crippen molar-refractivity contribution < 1.29 is 9.47 Å². The average Bonchev–Trinajstić information content (AvgIpc) is 2.41. The molecule has 0 spiro atoms. The molecule has 19 heavy (non-hydrogen) atoms. The summed E-state index contributed by atoms with van der Waals surface area (Å²) in [5, 5.41) is 8.89. The van der Waals surface area contributed by atoms with Crippen LogP contribution in [0, 0.1) is 18.3 Å². The van der Waals surface area contributed by atoms with E-state index in [0.717, 1.165) is 5.56 Å². The van der Waals surface area contributed by atoms with Gasteiger partial charge in [0, 0.05) is 0 Å². The number of benzene rings is 1. The number of anilines is 1. The summed E-state index contributed by atoms with van der Waals surface area (Å²) in [6.07, 6.45) is 1.29. The zero-order valence-corrected chi connectivity index (χ0v) is 10.5. The van der Waals surface area contributed by atoms with Gasteiger partial charge in [0.05, 0.1) is 18.7 Å². The first-order valence-corrected chi connectivity index (χ1v) is 5.48. The van der Waals surface area contributed by atoms with Gasteiger partial charge < -0.3 is 15.2 Å². The van der Waals surface area contributed by atoms with E-state index in [9.17, 15) is 0 Å². The number of hydrogen-bond donors (Lipinski definition) is 1. The molecule has 1 aromatic carbocycles. The van der Waals surface area contributed by atoms with E-state index < -0.39 is 0 Å². The summed E-state index contributed by atoms with van der Waals surface area (Å²) in [4.78, 5) is 7.80. The van der Waals surface area contributed by atoms with E-state index in [4.69, 9.17) is 20.5 Å². The number of nitriles is 1. The van der Waals surface area contributed by atoms with E-state index in [1.165, 1.54) is 13.4 Å². The molecule has 0 radical (unpaired) electrons. The highest BCUT2D eigenvalue weighted by Gasteiger charge is 2.13. The lowest BCUT2D eigenvalue weighted by Gasteiger charge is -2.11. The number of aromatic nitrogens is 2. The van der Waals surface area contributed by atoms with Crippen LogP contribution in [-0.4, -0.2) is 17.1 Å². The van der Waals surface area contributed by atoms with Crippen molar-refractivity contribution in [3.05, 3.63) is 35.7 Å². The SMILES string of the molecule is COc1c(N)ncnc1Oc1cc(C#N)ccc1C. The van der Waals surface area contributed by atoms with Crippen molar-refractivity contribution in [2.75, 3.05) is 12.8 Å². The number of nitrogen functional groups attached to an aromatic ring is 1. The van der Waals surface area contributed by atoms with Gasteiger partial charge in [0.2, 0.25) is 5.75 Å². The molecule has 0 amide bonds. The first-order valence-electron chi connectivity index (χ1n) is 5.48. The van der Waals surface area contributed by atoms with Gasteiger partial charge in [-0.1, -0.05) is 6.07 Å². The summed E-state index contributed by atoms with van der Waals surface area (Å²) in [5.41, 5.74) is 7.05. The Balaban J connectivity index is 2.42. The number of aryl methyl sites for hydroxylation is 1. The molecule has 2 aromatic rings. The number of hydrogen-bond acceptors (Lipinski definition) is 6. The topological polar surface area (TPSA) is 94.1 Å². The highest BCUT2D eigenvalue weighted by molar-refractivity contribution is 5.53. The van der Waals surface area contributed by atoms with Gasteiger partial charge in [-0.05, 0) is 24.6 Å². The van der Waals surface area contributed by atoms with Crippen LogP contribution in [0.4, 0.5) is 5.82 Å². The summed E-state index contributed by atoms with van der Waals surface area (Å²) in [6.45, 7) is 1.87. The molecular weight excluding hydrogens is 244 g/mol. The molecule has 1 heterocycles. The van der Waals surface area contributed by atoms with Gasteiger partial charge in [-0.3, -0.25) is 0 Å². The second kappa shape index (κ2) is 5.23. The van der Waals surface area contributed by atoms with Gasteiger partial charge >= 0.3 is 0 Å². The van der Waals surface area contributed by atoms with Crippen LogP contribution in [0.1, 0.15) is 11.1 Å². The first kappa shape index (κ1) is 12.6. The first-order chi connectivity index (χ1) is 9.15. The molecule has 96 valence electrons. The maximum absolute atomic E-state index is 8.89. The fraction of sp³-hybridized carbons (Fsp3) is 0.154. The zero-order chi connectivity index (χ0) is 13.8. The van der Waals surface area contributed by atoms with Crippen molar-refractivity contribution in [3.63, 3.8) is 0 Å². The summed E-state index contributed by atoms with van der Waals surface area (Å²) >= 11 is 0. The molecule has 0 aliphatic rings. The van der Waals surface area contributed by atoms with Crippen molar-refractivity contribution >= 4 is 5.82 Å². The molecule has 0 saturated carbocycles. The predicted octanol–water partition coefficient (Wildman–Crippen LogP) is 2.04. The van der Waals surface area contributed by atoms with Gasteiger partial charge in [0.15, 0.2) is 5.82 Å². The van der Waals surface area contributed by atoms with Gasteiger partial charge in [0.25, 0.3) is 5.88 Å². The second-order valence-corrected chi connectivity index (χ2v) is 3.79. The summed E-state index contributed by atoms with van der Waals surface area (Å²) in [7, 11) is 1.46. The Morgan fingerprint density at radius 2 is 2.11 bits per heavy atom. The molecule has 6 heteroatoms. The van der Waals surface area contributed by atoms with Crippen molar-refractivity contribution in [1.29, 1.82) is 5.26 Å². The Morgan fingerprint density at radius 1 is 1.32 bits per heavy atom. The van der Waals surface area contributed by atoms with Crippen LogP contribution in [-0.2, 0) is 0 Å². The fourth-order valence-corrected chi connectivity index (χ4v) is 1.52. The van der Waals surface area contributed by atoms with Crippen LogP contribution in [0.5, 0.6) is 17.4 Å². The predicted molar refractivity (Wildman–Crippen MR) is 69.0 cm³/mol. The van der Waals surface area contributed by atoms with E-state index in [0.29, 0.717) is 11.3 Å². The second-order valence-electron chi connectivity index (χ2n) is 3.79. The van der Waals surface area contributed by atoms with Crippen LogP contribution in [0.2, 0.25) is 0 Å². The van der Waals surface area contributed by atoms with Gasteiger partial charge in [-0.15, -0.1) is 0 Å². The van der Waals surface area contributed by atoms with Crippen molar-refractivity contribution in [2.24, 2.45) is 0 Å². The highest BCUT2D eigenvalue weighted by atomic mass is 16.5. The maximum Gasteiger partial charge on any atom is 0.268 e. The minimum absolute atomic E-state index is 0.196. The minimum Gasteiger partial charge on any atom is -0.489 e. The van der Waals surface area contributed by atoms with E-state index in [-0.39, 0.29) is 17.4 Å². The van der Waals surface area contributed by atoms with E-state index in [1.54, 1.807) is 18.2 Å². The molecular formula is C13H12N4O2. The van der Waals surface area contributed by atoms with E-state index >= 15 is 0 Å². The fourth-order valence-electron chi connectivity index (χ4n) is 1.52. The average molecular weight is 256 g/mol. The van der Waals surface area contributed by atoms with Crippen LogP contribution in [0.15, 0.2) is 24.5 Å². The lowest BCUT2D eigenvalue weighted by Crippen LogP contribution is -2.00. The largest absolute Gasteiger partial charge is 0.489 e. The lowest BCUT2D eigenvalue weighted by atomic mass is 10.1. The molecule has 2 N–H and O–H groups in total. The smallest absolute Gasteiger partial charge is 0.268 e. The molecule has 0 atom stereocenters. The standard InChI is InChI=1S/C13H12N4O2/c1-8-3-4-9(6-14)5-10(8)19-13-11(18-2)12(15)16-7-17-13/h3-5,7H,1-2H3,(H2,15,16,17). The van der Waals surface area contributed by atoms with Crippen molar-refractivity contribution in [3.8, 4) is 23.4 Å². The molecule has 0 aliphatic carbocycles. The van der Waals surface area contributed by atoms with Gasteiger partial charge in [0.1, 0.15) is 12.1 Å². The molecule has 0 fully saturated rings. The van der Waals surface area contributed by atoms with Gasteiger partial charge in [-0.2, -0.15) is 10.2 Å². The van der Waals surface area contributed by atoms with Gasteiger partial charge in [-0.25, -0.2) is 4.98 Å². The normalized spacial score (nSPS) is 9.74. The maximum atomic E-state index is 8.89. The zero-order valence-electron chi connectivity index (χ0n) is 10.5. The molecule has 0 bridgehead atoms. The third-order valence-corrected chi connectivity index (χ3v) is 2.53. The van der Waals surface area contributed by atoms with E-state index in [2.05, 4.69) is 16.0 Å². The molecule has 0 aliphatic heterocycles. The van der Waals surface area contributed by atoms with Crippen LogP contribution >= 0.6 is 0 Å². The third kappa shape index (κ3) is 2.55. The Hall–Kier alpha value is -2.81. The van der Waals surface area contributed by atoms with E-state index in [1.807, 2.05) is 6.92 Å². The van der Waals surface area contributed by atoms with Crippen molar-refractivity contribution in [1.82, 2.24) is 9.97 Å². The van der Waals surface area contributed by atoms with Crippen LogP contribution in [0.25, 0.3) is 0 Å². The number of rotatable bonds is 3. The van der Waals surface area contributed by atoms with Crippen LogP contribution in [0.3, 0.4) is 0 Å². The number of ether oxygens (including phenoxy) is 2. The minimum atomic E-state index is 0.196. The quantitative estimate of drug-likeness (QED) is 0.903. The number of nitrogens with zero attached hydrogens (tertiary/aromatic N) is 3. The Labute approximate surface area is 110 Å². The third-order valence-electron chi connectivity index (χ3n) is 2.53. The molecule has 1 aromatic heterocycles. The highest BCUT2D eigenvalue weighted by Crippen LogP contribution is 2.33. The molecule has 0 saturated heterocycles. The molecule has 0 unspecified atom stereocenters. The summed E-state index contributed by atoms with van der Waals surface area (Å²) in [6, 6.07) is 7.20. The van der Waals surface area contributed by atoms with Crippen LogP contribution < -0.4 is 15.2 Å².